The maximum Gasteiger partial charge on any atom is 0.419 e. The molecule has 0 aliphatic rings. The molecular weight excluding hydrogens is 347 g/mol. The number of nitrogens with one attached hydrogen (secondary N) is 1. The summed E-state index contributed by atoms with van der Waals surface area (Å²) in [4.78, 5) is 0. The van der Waals surface area contributed by atoms with E-state index in [-0.39, 0.29) is 0 Å². The fourth-order valence-corrected chi connectivity index (χ4v) is 2.25. The van der Waals surface area contributed by atoms with Crippen LogP contribution in [0.5, 0.6) is 0 Å². The van der Waals surface area contributed by atoms with E-state index in [0.717, 1.165) is 22.4 Å². The summed E-state index contributed by atoms with van der Waals surface area (Å²) >= 11 is 3.44. The van der Waals surface area contributed by atoms with Gasteiger partial charge in [-0.15, -0.1) is 0 Å². The average Bonchev–Trinajstić information content (AvgIpc) is 2.86. The predicted molar refractivity (Wildman–Crippen MR) is 78.2 cm³/mol. The van der Waals surface area contributed by atoms with E-state index in [1.165, 1.54) is 4.68 Å². The Hall–Kier alpha value is -1.34. The quantitative estimate of drug-likeness (QED) is 0.886. The first kappa shape index (κ1) is 16.0. The third kappa shape index (κ3) is 4.07. The predicted octanol–water partition coefficient (Wildman–Crippen LogP) is 4.15. The molecule has 0 saturated heterocycles. The molecule has 0 fully saturated rings. The molecule has 0 atom stereocenters. The molecule has 0 spiro atoms. The molecule has 1 heterocycles. The number of hydrogen-bond acceptors (Lipinski definition) is 2. The van der Waals surface area contributed by atoms with Crippen molar-refractivity contribution >= 4 is 15.9 Å². The van der Waals surface area contributed by atoms with E-state index in [1.807, 2.05) is 19.9 Å². The number of benzene rings is 1. The van der Waals surface area contributed by atoms with Gasteiger partial charge in [-0.2, -0.15) is 18.3 Å². The highest BCUT2D eigenvalue weighted by Gasteiger charge is 2.32. The Kier molecular flexibility index (Phi) is 4.73. The van der Waals surface area contributed by atoms with Crippen LogP contribution >= 0.6 is 15.9 Å². The van der Waals surface area contributed by atoms with Crippen LogP contribution in [0.3, 0.4) is 0 Å². The number of aromatic nitrogens is 2. The molecule has 2 aromatic rings. The average molecular weight is 362 g/mol. The van der Waals surface area contributed by atoms with Gasteiger partial charge in [0.25, 0.3) is 0 Å². The maximum absolute atomic E-state index is 12.6. The van der Waals surface area contributed by atoms with Crippen LogP contribution in [0, 0.1) is 0 Å². The first-order valence-electron chi connectivity index (χ1n) is 6.41. The molecule has 2 rings (SSSR count). The van der Waals surface area contributed by atoms with Crippen molar-refractivity contribution in [2.45, 2.75) is 32.6 Å². The molecule has 1 N–H and O–H groups in total. The van der Waals surface area contributed by atoms with Crippen LogP contribution in [0.2, 0.25) is 0 Å². The van der Waals surface area contributed by atoms with Crippen molar-refractivity contribution in [3.63, 3.8) is 0 Å². The van der Waals surface area contributed by atoms with Crippen molar-refractivity contribution in [2.75, 3.05) is 0 Å². The van der Waals surface area contributed by atoms with Gasteiger partial charge in [-0.25, -0.2) is 4.68 Å². The number of hydrogen-bond donors (Lipinski definition) is 1. The highest BCUT2D eigenvalue weighted by Crippen LogP contribution is 2.29. The molecular formula is C14H15BrF3N3. The fourth-order valence-electron chi connectivity index (χ4n) is 1.75. The van der Waals surface area contributed by atoms with E-state index < -0.39 is 11.7 Å². The summed E-state index contributed by atoms with van der Waals surface area (Å²) in [5.74, 6) is 0. The Balaban J connectivity index is 2.22. The SMILES string of the molecule is CC(C)NCc1ccc(-n2cc(C(F)(F)F)cn2)cc1Br. The van der Waals surface area contributed by atoms with E-state index >= 15 is 0 Å². The smallest absolute Gasteiger partial charge is 0.310 e. The maximum atomic E-state index is 12.6. The van der Waals surface area contributed by atoms with E-state index in [1.54, 1.807) is 12.1 Å². The van der Waals surface area contributed by atoms with Crippen molar-refractivity contribution in [3.05, 3.63) is 46.2 Å². The van der Waals surface area contributed by atoms with Crippen LogP contribution in [-0.4, -0.2) is 15.8 Å². The Labute approximate surface area is 129 Å². The summed E-state index contributed by atoms with van der Waals surface area (Å²) < 4.78 is 39.7. The van der Waals surface area contributed by atoms with Crippen molar-refractivity contribution in [3.8, 4) is 5.69 Å². The molecule has 3 nitrogen and oxygen atoms in total. The third-order valence-electron chi connectivity index (χ3n) is 2.91. The van der Waals surface area contributed by atoms with Gasteiger partial charge in [-0.3, -0.25) is 0 Å². The number of alkyl halides is 3. The Morgan fingerprint density at radius 2 is 2.05 bits per heavy atom. The minimum Gasteiger partial charge on any atom is -0.310 e. The topological polar surface area (TPSA) is 29.9 Å². The second-order valence-corrected chi connectivity index (χ2v) is 5.84. The van der Waals surface area contributed by atoms with Gasteiger partial charge in [-0.1, -0.05) is 35.8 Å². The molecule has 0 amide bonds. The van der Waals surface area contributed by atoms with Gasteiger partial charge in [0.05, 0.1) is 17.4 Å². The zero-order valence-corrected chi connectivity index (χ0v) is 13.2. The highest BCUT2D eigenvalue weighted by molar-refractivity contribution is 9.10. The monoisotopic (exact) mass is 361 g/mol. The van der Waals surface area contributed by atoms with Crippen LogP contribution in [0.25, 0.3) is 5.69 Å². The van der Waals surface area contributed by atoms with Crippen molar-refractivity contribution in [1.82, 2.24) is 15.1 Å². The Morgan fingerprint density at radius 1 is 1.33 bits per heavy atom. The fraction of sp³-hybridized carbons (Fsp3) is 0.357. The summed E-state index contributed by atoms with van der Waals surface area (Å²) in [6.45, 7) is 4.78. The first-order valence-corrected chi connectivity index (χ1v) is 7.20. The molecule has 0 unspecified atom stereocenters. The Morgan fingerprint density at radius 3 is 2.57 bits per heavy atom. The van der Waals surface area contributed by atoms with Crippen LogP contribution in [0.15, 0.2) is 35.1 Å². The normalized spacial score (nSPS) is 12.1. The third-order valence-corrected chi connectivity index (χ3v) is 3.65. The second kappa shape index (κ2) is 6.19. The van der Waals surface area contributed by atoms with E-state index in [2.05, 4.69) is 26.3 Å². The molecule has 0 saturated carbocycles. The summed E-state index contributed by atoms with van der Waals surface area (Å²) in [5, 5.41) is 7.04. The molecule has 0 radical (unpaired) electrons. The molecule has 1 aromatic heterocycles. The summed E-state index contributed by atoms with van der Waals surface area (Å²) in [6, 6.07) is 5.72. The minimum absolute atomic E-state index is 0.358. The van der Waals surface area contributed by atoms with Gasteiger partial charge < -0.3 is 5.32 Å². The lowest BCUT2D eigenvalue weighted by molar-refractivity contribution is -0.137. The Bertz CT molecular complexity index is 620. The molecule has 0 aliphatic carbocycles. The molecule has 7 heteroatoms. The highest BCUT2D eigenvalue weighted by atomic mass is 79.9. The molecule has 114 valence electrons. The lowest BCUT2D eigenvalue weighted by atomic mass is 10.2. The van der Waals surface area contributed by atoms with E-state index in [4.69, 9.17) is 0 Å². The minimum atomic E-state index is -4.38. The molecule has 0 aliphatic heterocycles. The standard InChI is InChI=1S/C14H15BrF3N3/c1-9(2)19-6-10-3-4-12(5-13(10)15)21-8-11(7-20-21)14(16,17)18/h3-5,7-9,19H,6H2,1-2H3. The van der Waals surface area contributed by atoms with Crippen LogP contribution < -0.4 is 5.32 Å². The van der Waals surface area contributed by atoms with Gasteiger partial charge in [0.2, 0.25) is 0 Å². The van der Waals surface area contributed by atoms with E-state index in [0.29, 0.717) is 18.3 Å². The van der Waals surface area contributed by atoms with Crippen molar-refractivity contribution in [2.24, 2.45) is 0 Å². The second-order valence-electron chi connectivity index (χ2n) is 4.98. The molecule has 0 bridgehead atoms. The number of halogens is 4. The summed E-state index contributed by atoms with van der Waals surface area (Å²) in [5.41, 5.74) is 0.852. The first-order chi connectivity index (χ1) is 9.77. The van der Waals surface area contributed by atoms with Gasteiger partial charge >= 0.3 is 6.18 Å². The van der Waals surface area contributed by atoms with Gasteiger partial charge in [0.1, 0.15) is 0 Å². The largest absolute Gasteiger partial charge is 0.419 e. The zero-order chi connectivity index (χ0) is 15.6. The van der Waals surface area contributed by atoms with Crippen molar-refractivity contribution in [1.29, 1.82) is 0 Å². The lowest BCUT2D eigenvalue weighted by Gasteiger charge is -2.11. The van der Waals surface area contributed by atoms with E-state index in [9.17, 15) is 13.2 Å². The van der Waals surface area contributed by atoms with Gasteiger partial charge in [-0.05, 0) is 17.7 Å². The molecule has 21 heavy (non-hydrogen) atoms. The van der Waals surface area contributed by atoms with Crippen LogP contribution in [0.4, 0.5) is 13.2 Å². The van der Waals surface area contributed by atoms with Gasteiger partial charge in [0.15, 0.2) is 0 Å². The number of nitrogens with zero attached hydrogens (tertiary/aromatic N) is 2. The van der Waals surface area contributed by atoms with Gasteiger partial charge in [0, 0.05) is 23.3 Å². The zero-order valence-electron chi connectivity index (χ0n) is 11.6. The lowest BCUT2D eigenvalue weighted by Crippen LogP contribution is -2.22. The summed E-state index contributed by atoms with van der Waals surface area (Å²) in [7, 11) is 0. The van der Waals surface area contributed by atoms with Crippen LogP contribution in [0.1, 0.15) is 25.0 Å². The molecule has 1 aromatic carbocycles. The van der Waals surface area contributed by atoms with Crippen molar-refractivity contribution < 1.29 is 13.2 Å². The number of rotatable bonds is 4. The van der Waals surface area contributed by atoms with Crippen LogP contribution in [-0.2, 0) is 12.7 Å². The summed E-state index contributed by atoms with van der Waals surface area (Å²) in [6.07, 6.45) is -2.58.